The van der Waals surface area contributed by atoms with Crippen molar-refractivity contribution in [3.63, 3.8) is 0 Å². The number of guanidine groups is 1. The van der Waals surface area contributed by atoms with E-state index in [-0.39, 0.29) is 33.7 Å². The number of hydrogen-bond donors (Lipinski definition) is 5. The van der Waals surface area contributed by atoms with E-state index < -0.39 is 36.3 Å². The third-order valence-corrected chi connectivity index (χ3v) is 6.04. The molecule has 3 aromatic rings. The summed E-state index contributed by atoms with van der Waals surface area (Å²) in [4.78, 5) is 53.9. The van der Waals surface area contributed by atoms with Crippen LogP contribution in [0, 0.1) is 0 Å². The molecule has 0 heterocycles. The molecule has 0 bridgehead atoms. The van der Waals surface area contributed by atoms with Crippen LogP contribution in [0.5, 0.6) is 0 Å². The molecule has 0 saturated heterocycles. The molecule has 3 aromatic carbocycles. The highest BCUT2D eigenvalue weighted by atomic mass is 35.5. The second-order valence-electron chi connectivity index (χ2n) is 8.30. The van der Waals surface area contributed by atoms with Crippen LogP contribution in [0.1, 0.15) is 20.7 Å². The lowest BCUT2D eigenvalue weighted by Gasteiger charge is -2.18. The van der Waals surface area contributed by atoms with E-state index >= 15 is 0 Å². The number of halogens is 2. The van der Waals surface area contributed by atoms with E-state index in [1.54, 1.807) is 24.3 Å². The van der Waals surface area contributed by atoms with E-state index in [2.05, 4.69) is 20.9 Å². The first-order valence-electron chi connectivity index (χ1n) is 11.8. The minimum atomic E-state index is -1.27. The number of ether oxygens (including phenoxy) is 1. The number of hydrogen-bond acceptors (Lipinski definition) is 6. The van der Waals surface area contributed by atoms with Crippen molar-refractivity contribution in [1.29, 1.82) is 0 Å². The first-order valence-corrected chi connectivity index (χ1v) is 12.5. The van der Waals surface area contributed by atoms with Gasteiger partial charge in [0.05, 0.1) is 35.0 Å². The summed E-state index contributed by atoms with van der Waals surface area (Å²) in [5.74, 6) is -2.91. The van der Waals surface area contributed by atoms with Crippen LogP contribution in [0.4, 0.5) is 5.69 Å². The van der Waals surface area contributed by atoms with Gasteiger partial charge in [-0.1, -0.05) is 59.6 Å². The SMILES string of the molecule is COC(=O)[C@H](CNC(=O)CNC(=O)c1cccc(N=C(N)N)c1)NC(=O)c1c(Cl)cc(-c2ccccc2)cc1Cl. The second-order valence-corrected chi connectivity index (χ2v) is 9.12. The molecule has 0 aromatic heterocycles. The zero-order valence-electron chi connectivity index (χ0n) is 21.2. The van der Waals surface area contributed by atoms with Crippen LogP contribution in [-0.4, -0.2) is 55.9 Å². The Labute approximate surface area is 239 Å². The number of carbonyl (C=O) groups excluding carboxylic acids is 4. The van der Waals surface area contributed by atoms with E-state index in [1.165, 1.54) is 12.1 Å². The Kier molecular flexibility index (Phi) is 10.5. The van der Waals surface area contributed by atoms with Gasteiger partial charge in [0, 0.05) is 12.1 Å². The van der Waals surface area contributed by atoms with E-state index in [9.17, 15) is 19.2 Å². The number of nitrogens with one attached hydrogen (secondary N) is 3. The summed E-state index contributed by atoms with van der Waals surface area (Å²) in [5, 5.41) is 7.54. The van der Waals surface area contributed by atoms with Gasteiger partial charge in [-0.3, -0.25) is 14.4 Å². The summed E-state index contributed by atoms with van der Waals surface area (Å²) in [5.41, 5.74) is 12.8. The zero-order valence-corrected chi connectivity index (χ0v) is 22.8. The Balaban J connectivity index is 1.61. The largest absolute Gasteiger partial charge is 0.467 e. The molecular formula is C27H26Cl2N6O5. The van der Waals surface area contributed by atoms with Crippen LogP contribution >= 0.6 is 23.2 Å². The molecule has 0 aliphatic rings. The van der Waals surface area contributed by atoms with Gasteiger partial charge >= 0.3 is 5.97 Å². The Morgan fingerprint density at radius 3 is 2.17 bits per heavy atom. The highest BCUT2D eigenvalue weighted by Gasteiger charge is 2.26. The number of rotatable bonds is 10. The summed E-state index contributed by atoms with van der Waals surface area (Å²) in [6, 6.07) is 17.3. The van der Waals surface area contributed by atoms with Gasteiger partial charge in [-0.05, 0) is 41.5 Å². The van der Waals surface area contributed by atoms with Crippen molar-refractivity contribution in [3.8, 4) is 11.1 Å². The molecular weight excluding hydrogens is 559 g/mol. The fourth-order valence-electron chi connectivity index (χ4n) is 3.56. The van der Waals surface area contributed by atoms with E-state index in [0.29, 0.717) is 11.3 Å². The number of amides is 3. The molecule has 208 valence electrons. The van der Waals surface area contributed by atoms with Crippen molar-refractivity contribution in [2.75, 3.05) is 20.2 Å². The number of methoxy groups -OCH3 is 1. The van der Waals surface area contributed by atoms with Gasteiger partial charge < -0.3 is 32.2 Å². The lowest BCUT2D eigenvalue weighted by atomic mass is 10.0. The maximum absolute atomic E-state index is 13.0. The van der Waals surface area contributed by atoms with Crippen molar-refractivity contribution < 1.29 is 23.9 Å². The van der Waals surface area contributed by atoms with Crippen molar-refractivity contribution in [2.45, 2.75) is 6.04 Å². The van der Waals surface area contributed by atoms with Crippen LogP contribution in [0.3, 0.4) is 0 Å². The maximum atomic E-state index is 13.0. The average molecular weight is 585 g/mol. The highest BCUT2D eigenvalue weighted by molar-refractivity contribution is 6.40. The summed E-state index contributed by atoms with van der Waals surface area (Å²) in [6.45, 7) is -0.740. The first kappa shape index (κ1) is 29.9. The minimum Gasteiger partial charge on any atom is -0.467 e. The third-order valence-electron chi connectivity index (χ3n) is 5.45. The molecule has 3 amide bonds. The standard InChI is InChI=1S/C27H26Cl2N6O5/c1-40-26(39)21(13-32-22(36)14-33-24(37)16-8-5-9-18(10-16)34-27(30)31)35-25(38)23-19(28)11-17(12-20(23)29)15-6-3-2-4-7-15/h2-12,21H,13-14H2,1H3,(H,32,36)(H,33,37)(H,35,38)(H4,30,31,34)/t21-/m0/s1. The topological polar surface area (TPSA) is 178 Å². The van der Waals surface area contributed by atoms with Gasteiger partial charge in [0.2, 0.25) is 5.91 Å². The summed E-state index contributed by atoms with van der Waals surface area (Å²) >= 11 is 12.7. The van der Waals surface area contributed by atoms with Crippen LogP contribution < -0.4 is 27.4 Å². The van der Waals surface area contributed by atoms with Crippen molar-refractivity contribution in [1.82, 2.24) is 16.0 Å². The summed E-state index contributed by atoms with van der Waals surface area (Å²) < 4.78 is 4.74. The lowest BCUT2D eigenvalue weighted by Crippen LogP contribution is -2.50. The molecule has 0 aliphatic carbocycles. The molecule has 0 fully saturated rings. The van der Waals surface area contributed by atoms with E-state index in [4.69, 9.17) is 39.4 Å². The summed E-state index contributed by atoms with van der Waals surface area (Å²) in [6.07, 6.45) is 0. The second kappa shape index (κ2) is 14.0. The fourth-order valence-corrected chi connectivity index (χ4v) is 4.22. The number of nitrogens with two attached hydrogens (primary N) is 2. The Bertz CT molecular complexity index is 1420. The van der Waals surface area contributed by atoms with Gasteiger partial charge in [-0.15, -0.1) is 0 Å². The Morgan fingerprint density at radius 1 is 0.875 bits per heavy atom. The number of benzene rings is 3. The van der Waals surface area contributed by atoms with E-state index in [0.717, 1.165) is 12.7 Å². The zero-order chi connectivity index (χ0) is 29.2. The minimum absolute atomic E-state index is 0.0431. The van der Waals surface area contributed by atoms with Crippen LogP contribution in [0.15, 0.2) is 71.7 Å². The maximum Gasteiger partial charge on any atom is 0.330 e. The van der Waals surface area contributed by atoms with Gasteiger partial charge in [-0.25, -0.2) is 9.79 Å². The fraction of sp³-hybridized carbons (Fsp3) is 0.148. The quantitative estimate of drug-likeness (QED) is 0.138. The lowest BCUT2D eigenvalue weighted by molar-refractivity contribution is -0.142. The van der Waals surface area contributed by atoms with Crippen molar-refractivity contribution in [3.05, 3.63) is 87.9 Å². The molecule has 0 saturated carbocycles. The van der Waals surface area contributed by atoms with Crippen molar-refractivity contribution >= 4 is 58.5 Å². The highest BCUT2D eigenvalue weighted by Crippen LogP contribution is 2.31. The Hall–Kier alpha value is -4.61. The van der Waals surface area contributed by atoms with Gasteiger partial charge in [0.25, 0.3) is 11.8 Å². The normalized spacial score (nSPS) is 11.1. The predicted octanol–water partition coefficient (Wildman–Crippen LogP) is 2.38. The number of nitrogens with zero attached hydrogens (tertiary/aromatic N) is 1. The van der Waals surface area contributed by atoms with Gasteiger partial charge in [0.15, 0.2) is 5.96 Å². The van der Waals surface area contributed by atoms with Gasteiger partial charge in [0.1, 0.15) is 6.04 Å². The average Bonchev–Trinajstić information content (AvgIpc) is 2.93. The molecule has 1 atom stereocenters. The molecule has 13 heteroatoms. The van der Waals surface area contributed by atoms with Crippen molar-refractivity contribution in [2.24, 2.45) is 16.5 Å². The van der Waals surface area contributed by atoms with Gasteiger partial charge in [-0.2, -0.15) is 0 Å². The number of carbonyl (C=O) groups is 4. The van der Waals surface area contributed by atoms with Crippen LogP contribution in [0.25, 0.3) is 11.1 Å². The molecule has 3 rings (SSSR count). The molecule has 0 spiro atoms. The van der Waals surface area contributed by atoms with E-state index in [1.807, 2.05) is 30.3 Å². The van der Waals surface area contributed by atoms with Crippen LogP contribution in [-0.2, 0) is 14.3 Å². The van der Waals surface area contributed by atoms with Crippen LogP contribution in [0.2, 0.25) is 10.0 Å². The summed E-state index contributed by atoms with van der Waals surface area (Å²) in [7, 11) is 1.13. The third kappa shape index (κ3) is 8.19. The molecule has 0 unspecified atom stereocenters. The predicted molar refractivity (Wildman–Crippen MR) is 152 cm³/mol. The molecule has 0 aliphatic heterocycles. The first-order chi connectivity index (χ1) is 19.1. The number of aliphatic imine (C=N–C) groups is 1. The number of esters is 1. The molecule has 11 nitrogen and oxygen atoms in total. The Morgan fingerprint density at radius 2 is 1.55 bits per heavy atom. The monoisotopic (exact) mass is 584 g/mol. The molecule has 40 heavy (non-hydrogen) atoms. The molecule has 7 N–H and O–H groups in total. The molecule has 0 radical (unpaired) electrons. The smallest absolute Gasteiger partial charge is 0.330 e.